The highest BCUT2D eigenvalue weighted by Crippen LogP contribution is 2.27. The first-order valence-electron chi connectivity index (χ1n) is 9.15. The zero-order valence-electron chi connectivity index (χ0n) is 15.5. The molecule has 27 heavy (non-hydrogen) atoms. The van der Waals surface area contributed by atoms with Crippen LogP contribution in [0.5, 0.6) is 0 Å². The van der Waals surface area contributed by atoms with Gasteiger partial charge in [0, 0.05) is 23.5 Å². The number of benzene rings is 1. The lowest BCUT2D eigenvalue weighted by Crippen LogP contribution is -2.35. The van der Waals surface area contributed by atoms with Crippen LogP contribution in [0.3, 0.4) is 0 Å². The highest BCUT2D eigenvalue weighted by molar-refractivity contribution is 7.10. The Morgan fingerprint density at radius 2 is 1.93 bits per heavy atom. The van der Waals surface area contributed by atoms with Gasteiger partial charge in [0.25, 0.3) is 5.91 Å². The van der Waals surface area contributed by atoms with Gasteiger partial charge in [-0.25, -0.2) is 4.79 Å². The number of thiophene rings is 1. The molecule has 1 aliphatic heterocycles. The van der Waals surface area contributed by atoms with E-state index in [9.17, 15) is 9.59 Å². The first-order chi connectivity index (χ1) is 13.0. The first-order valence-corrected chi connectivity index (χ1v) is 10.4. The minimum Gasteiger partial charge on any atom is -0.339 e. The van der Waals surface area contributed by atoms with Gasteiger partial charge in [-0.2, -0.15) is 0 Å². The van der Waals surface area contributed by atoms with Crippen LogP contribution in [-0.4, -0.2) is 29.9 Å². The molecule has 0 spiro atoms. The van der Waals surface area contributed by atoms with Crippen LogP contribution in [0, 0.1) is 5.92 Å². The maximum atomic E-state index is 12.6. The van der Waals surface area contributed by atoms with E-state index in [1.807, 2.05) is 22.4 Å². The maximum Gasteiger partial charge on any atom is 0.319 e. The average Bonchev–Trinajstić information content (AvgIpc) is 3.34. The van der Waals surface area contributed by atoms with Crippen molar-refractivity contribution in [3.63, 3.8) is 0 Å². The maximum absolute atomic E-state index is 12.6. The van der Waals surface area contributed by atoms with Gasteiger partial charge >= 0.3 is 6.03 Å². The Labute approximate surface area is 168 Å². The van der Waals surface area contributed by atoms with E-state index in [0.717, 1.165) is 30.8 Å². The highest BCUT2D eigenvalue weighted by atomic mass is 35.5. The predicted octanol–water partition coefficient (Wildman–Crippen LogP) is 5.16. The second kappa shape index (κ2) is 8.76. The number of anilines is 1. The van der Waals surface area contributed by atoms with E-state index in [2.05, 4.69) is 24.5 Å². The van der Waals surface area contributed by atoms with Crippen molar-refractivity contribution in [3.8, 4) is 0 Å². The molecule has 0 bridgehead atoms. The lowest BCUT2D eigenvalue weighted by Gasteiger charge is -2.22. The zero-order valence-corrected chi connectivity index (χ0v) is 17.1. The van der Waals surface area contributed by atoms with E-state index in [1.54, 1.807) is 29.5 Å². The van der Waals surface area contributed by atoms with Gasteiger partial charge in [0.05, 0.1) is 16.8 Å². The third-order valence-electron chi connectivity index (χ3n) is 4.66. The minimum atomic E-state index is -0.338. The van der Waals surface area contributed by atoms with Gasteiger partial charge in [0.2, 0.25) is 0 Å². The van der Waals surface area contributed by atoms with Gasteiger partial charge in [0.1, 0.15) is 0 Å². The Hall–Kier alpha value is -2.05. The van der Waals surface area contributed by atoms with Gasteiger partial charge in [-0.05, 0) is 48.4 Å². The van der Waals surface area contributed by atoms with Crippen LogP contribution in [-0.2, 0) is 0 Å². The molecule has 2 aromatic rings. The fourth-order valence-corrected chi connectivity index (χ4v) is 4.30. The van der Waals surface area contributed by atoms with Crippen molar-refractivity contribution in [1.29, 1.82) is 0 Å². The Bertz CT molecular complexity index is 802. The SMILES string of the molecule is CC(C)[C@@H](NC(=O)Nc1cc(C(=O)N2CCCC2)ccc1Cl)c1cccs1. The summed E-state index contributed by atoms with van der Waals surface area (Å²) >= 11 is 7.85. The largest absolute Gasteiger partial charge is 0.339 e. The molecule has 0 unspecified atom stereocenters. The van der Waals surface area contributed by atoms with Crippen LogP contribution in [0.25, 0.3) is 0 Å². The average molecular weight is 406 g/mol. The summed E-state index contributed by atoms with van der Waals surface area (Å²) in [4.78, 5) is 28.0. The number of hydrogen-bond donors (Lipinski definition) is 2. The predicted molar refractivity (Wildman–Crippen MR) is 111 cm³/mol. The lowest BCUT2D eigenvalue weighted by atomic mass is 10.0. The molecule has 1 fully saturated rings. The molecule has 5 nitrogen and oxygen atoms in total. The molecule has 1 aliphatic rings. The number of nitrogens with zero attached hydrogens (tertiary/aromatic N) is 1. The third-order valence-corrected chi connectivity index (χ3v) is 5.94. The molecule has 1 aromatic heterocycles. The third kappa shape index (κ3) is 4.82. The summed E-state index contributed by atoms with van der Waals surface area (Å²) < 4.78 is 0. The number of urea groups is 1. The number of hydrogen-bond acceptors (Lipinski definition) is 3. The molecule has 1 aromatic carbocycles. The minimum absolute atomic E-state index is 0.0220. The van der Waals surface area contributed by atoms with Crippen LogP contribution in [0.15, 0.2) is 35.7 Å². The smallest absolute Gasteiger partial charge is 0.319 e. The Kier molecular flexibility index (Phi) is 6.39. The van der Waals surface area contributed by atoms with E-state index in [0.29, 0.717) is 16.3 Å². The fourth-order valence-electron chi connectivity index (χ4n) is 3.19. The molecule has 0 saturated carbocycles. The molecule has 7 heteroatoms. The number of carbonyl (C=O) groups is 2. The van der Waals surface area contributed by atoms with Crippen LogP contribution >= 0.6 is 22.9 Å². The molecule has 144 valence electrons. The zero-order chi connectivity index (χ0) is 19.4. The summed E-state index contributed by atoms with van der Waals surface area (Å²) in [5.41, 5.74) is 0.975. The number of likely N-dealkylation sites (tertiary alicyclic amines) is 1. The second-order valence-corrected chi connectivity index (χ2v) is 8.42. The van der Waals surface area contributed by atoms with Crippen molar-refractivity contribution in [3.05, 3.63) is 51.2 Å². The van der Waals surface area contributed by atoms with Crippen LogP contribution < -0.4 is 10.6 Å². The first kappa shape index (κ1) is 19.7. The molecule has 0 aliphatic carbocycles. The van der Waals surface area contributed by atoms with Gasteiger partial charge < -0.3 is 15.5 Å². The standard InChI is InChI=1S/C20H24ClN3O2S/c1-13(2)18(17-6-5-11-27-17)23-20(26)22-16-12-14(7-8-15(16)21)19(25)24-9-3-4-10-24/h5-8,11-13,18H,3-4,9-10H2,1-2H3,(H2,22,23,26)/t18-/m1/s1. The molecular weight excluding hydrogens is 382 g/mol. The summed E-state index contributed by atoms with van der Waals surface area (Å²) in [6.45, 7) is 5.68. The molecule has 3 amide bonds. The molecule has 2 heterocycles. The number of carbonyl (C=O) groups excluding carboxylic acids is 2. The van der Waals surface area contributed by atoms with E-state index < -0.39 is 0 Å². The van der Waals surface area contributed by atoms with Gasteiger partial charge in [-0.1, -0.05) is 31.5 Å². The summed E-state index contributed by atoms with van der Waals surface area (Å²) in [6.07, 6.45) is 2.07. The molecule has 1 atom stereocenters. The van der Waals surface area contributed by atoms with Crippen molar-refractivity contribution in [2.45, 2.75) is 32.7 Å². The Morgan fingerprint density at radius 3 is 2.56 bits per heavy atom. The number of nitrogens with one attached hydrogen (secondary N) is 2. The number of amides is 3. The van der Waals surface area contributed by atoms with Crippen molar-refractivity contribution >= 4 is 40.6 Å². The van der Waals surface area contributed by atoms with E-state index >= 15 is 0 Å². The topological polar surface area (TPSA) is 61.4 Å². The van der Waals surface area contributed by atoms with Crippen LogP contribution in [0.2, 0.25) is 5.02 Å². The van der Waals surface area contributed by atoms with Gasteiger partial charge in [-0.3, -0.25) is 4.79 Å². The molecule has 1 saturated heterocycles. The molecular formula is C20H24ClN3O2S. The van der Waals surface area contributed by atoms with Crippen molar-refractivity contribution in [2.75, 3.05) is 18.4 Å². The van der Waals surface area contributed by atoms with Crippen LogP contribution in [0.4, 0.5) is 10.5 Å². The van der Waals surface area contributed by atoms with Crippen molar-refractivity contribution < 1.29 is 9.59 Å². The monoisotopic (exact) mass is 405 g/mol. The highest BCUT2D eigenvalue weighted by Gasteiger charge is 2.22. The lowest BCUT2D eigenvalue weighted by molar-refractivity contribution is 0.0793. The van der Waals surface area contributed by atoms with Crippen LogP contribution in [0.1, 0.15) is 48.0 Å². The fraction of sp³-hybridized carbons (Fsp3) is 0.400. The number of rotatable bonds is 5. The summed E-state index contributed by atoms with van der Waals surface area (Å²) in [5, 5.41) is 8.20. The molecule has 3 rings (SSSR count). The van der Waals surface area contributed by atoms with Crippen molar-refractivity contribution in [1.82, 2.24) is 10.2 Å². The quantitative estimate of drug-likeness (QED) is 0.721. The van der Waals surface area contributed by atoms with Gasteiger partial charge in [-0.15, -0.1) is 11.3 Å². The van der Waals surface area contributed by atoms with Crippen molar-refractivity contribution in [2.24, 2.45) is 5.92 Å². The molecule has 2 N–H and O–H groups in total. The van der Waals surface area contributed by atoms with E-state index in [-0.39, 0.29) is 23.9 Å². The van der Waals surface area contributed by atoms with Gasteiger partial charge in [0.15, 0.2) is 0 Å². The summed E-state index contributed by atoms with van der Waals surface area (Å²) in [6, 6.07) is 8.57. The Balaban J connectivity index is 1.71. The normalized spacial score (nSPS) is 15.0. The van der Waals surface area contributed by atoms with E-state index in [1.165, 1.54) is 0 Å². The molecule has 0 radical (unpaired) electrons. The number of halogens is 1. The van der Waals surface area contributed by atoms with E-state index in [4.69, 9.17) is 11.6 Å². The summed E-state index contributed by atoms with van der Waals surface area (Å²) in [7, 11) is 0. The summed E-state index contributed by atoms with van der Waals surface area (Å²) in [5.74, 6) is 0.221. The second-order valence-electron chi connectivity index (χ2n) is 7.03. The Morgan fingerprint density at radius 1 is 1.19 bits per heavy atom.